The van der Waals surface area contributed by atoms with Gasteiger partial charge in [-0.25, -0.2) is 0 Å². The minimum absolute atomic E-state index is 0.0374. The predicted octanol–water partition coefficient (Wildman–Crippen LogP) is 2.77. The van der Waals surface area contributed by atoms with Gasteiger partial charge in [0.05, 0.1) is 0 Å². The first kappa shape index (κ1) is 15.3. The van der Waals surface area contributed by atoms with Crippen molar-refractivity contribution in [1.29, 1.82) is 0 Å². The minimum atomic E-state index is 0.0374. The zero-order valence-corrected chi connectivity index (χ0v) is 12.7. The van der Waals surface area contributed by atoms with Crippen LogP contribution in [0.3, 0.4) is 0 Å². The smallest absolute Gasteiger partial charge is 0.253 e. The second kappa shape index (κ2) is 7.04. The largest absolute Gasteiger partial charge is 0.337 e. The molecular formula is C18H22N2O. The highest BCUT2D eigenvalue weighted by Crippen LogP contribution is 2.12. The van der Waals surface area contributed by atoms with Crippen LogP contribution in [0.25, 0.3) is 0 Å². The van der Waals surface area contributed by atoms with Crippen LogP contribution in [0.15, 0.2) is 48.5 Å². The van der Waals surface area contributed by atoms with Gasteiger partial charge in [0, 0.05) is 19.2 Å². The third-order valence-electron chi connectivity index (χ3n) is 3.46. The molecule has 1 amide bonds. The van der Waals surface area contributed by atoms with E-state index in [1.54, 1.807) is 4.90 Å². The van der Waals surface area contributed by atoms with E-state index in [1.165, 1.54) is 5.56 Å². The molecule has 21 heavy (non-hydrogen) atoms. The number of hydrogen-bond donors (Lipinski definition) is 1. The van der Waals surface area contributed by atoms with Gasteiger partial charge in [0.1, 0.15) is 0 Å². The van der Waals surface area contributed by atoms with E-state index in [1.807, 2.05) is 43.4 Å². The second-order valence-electron chi connectivity index (χ2n) is 5.39. The van der Waals surface area contributed by atoms with E-state index in [2.05, 4.69) is 19.1 Å². The number of nitrogens with zero attached hydrogens (tertiary/aromatic N) is 1. The lowest BCUT2D eigenvalue weighted by Crippen LogP contribution is -2.26. The van der Waals surface area contributed by atoms with E-state index in [-0.39, 0.29) is 5.91 Å². The Morgan fingerprint density at radius 2 is 1.81 bits per heavy atom. The lowest BCUT2D eigenvalue weighted by Gasteiger charge is -2.18. The maximum atomic E-state index is 12.5. The lowest BCUT2D eigenvalue weighted by molar-refractivity contribution is 0.0785. The standard InChI is InChI=1S/C18H22N2O/c1-14-5-3-7-16(11-14)13-20(2)18(21)17-8-4-6-15(12-17)9-10-19/h3-8,11-12H,9-10,13,19H2,1-2H3. The molecule has 0 spiro atoms. The van der Waals surface area contributed by atoms with E-state index in [0.717, 1.165) is 23.1 Å². The molecule has 3 nitrogen and oxygen atoms in total. The summed E-state index contributed by atoms with van der Waals surface area (Å²) < 4.78 is 0. The summed E-state index contributed by atoms with van der Waals surface area (Å²) >= 11 is 0. The van der Waals surface area contributed by atoms with Crippen molar-refractivity contribution in [3.8, 4) is 0 Å². The van der Waals surface area contributed by atoms with Crippen molar-refractivity contribution < 1.29 is 4.79 Å². The third kappa shape index (κ3) is 4.17. The minimum Gasteiger partial charge on any atom is -0.337 e. The molecule has 0 radical (unpaired) electrons. The number of carbonyl (C=O) groups excluding carboxylic acids is 1. The fourth-order valence-corrected chi connectivity index (χ4v) is 2.40. The Balaban J connectivity index is 2.10. The molecule has 0 aliphatic rings. The number of nitrogens with two attached hydrogens (primary N) is 1. The summed E-state index contributed by atoms with van der Waals surface area (Å²) in [7, 11) is 1.83. The molecule has 0 aliphatic carbocycles. The monoisotopic (exact) mass is 282 g/mol. The molecule has 0 unspecified atom stereocenters. The molecule has 0 bridgehead atoms. The van der Waals surface area contributed by atoms with Gasteiger partial charge in [-0.3, -0.25) is 4.79 Å². The van der Waals surface area contributed by atoms with E-state index in [4.69, 9.17) is 5.73 Å². The van der Waals surface area contributed by atoms with Crippen molar-refractivity contribution in [2.45, 2.75) is 19.9 Å². The first-order chi connectivity index (χ1) is 10.1. The van der Waals surface area contributed by atoms with Crippen molar-refractivity contribution >= 4 is 5.91 Å². The van der Waals surface area contributed by atoms with Gasteiger partial charge in [-0.2, -0.15) is 0 Å². The SMILES string of the molecule is Cc1cccc(CN(C)C(=O)c2cccc(CCN)c2)c1. The van der Waals surface area contributed by atoms with Crippen LogP contribution in [0.5, 0.6) is 0 Å². The van der Waals surface area contributed by atoms with Gasteiger partial charge in [-0.15, -0.1) is 0 Å². The fraction of sp³-hybridized carbons (Fsp3) is 0.278. The Labute approximate surface area is 126 Å². The van der Waals surface area contributed by atoms with Crippen molar-refractivity contribution in [1.82, 2.24) is 4.90 Å². The normalized spacial score (nSPS) is 10.4. The molecule has 0 fully saturated rings. The Bertz CT molecular complexity index is 622. The molecule has 2 N–H and O–H groups in total. The Hall–Kier alpha value is -2.13. The molecule has 0 aliphatic heterocycles. The van der Waals surface area contributed by atoms with Crippen LogP contribution in [0, 0.1) is 6.92 Å². The molecular weight excluding hydrogens is 260 g/mol. The second-order valence-corrected chi connectivity index (χ2v) is 5.39. The maximum Gasteiger partial charge on any atom is 0.253 e. The van der Waals surface area contributed by atoms with Gasteiger partial charge in [-0.05, 0) is 43.1 Å². The van der Waals surface area contributed by atoms with Crippen molar-refractivity contribution in [3.05, 3.63) is 70.8 Å². The summed E-state index contributed by atoms with van der Waals surface area (Å²) in [4.78, 5) is 14.2. The molecule has 3 heteroatoms. The van der Waals surface area contributed by atoms with Gasteiger partial charge >= 0.3 is 0 Å². The van der Waals surface area contributed by atoms with Crippen LogP contribution in [-0.2, 0) is 13.0 Å². The van der Waals surface area contributed by atoms with Crippen molar-refractivity contribution in [2.75, 3.05) is 13.6 Å². The Morgan fingerprint density at radius 1 is 1.10 bits per heavy atom. The average molecular weight is 282 g/mol. The molecule has 2 rings (SSSR count). The van der Waals surface area contributed by atoms with Crippen LogP contribution in [0.2, 0.25) is 0 Å². The van der Waals surface area contributed by atoms with Crippen LogP contribution in [0.1, 0.15) is 27.0 Å². The molecule has 0 saturated carbocycles. The molecule has 2 aromatic carbocycles. The summed E-state index contributed by atoms with van der Waals surface area (Å²) in [5.41, 5.74) is 9.74. The van der Waals surface area contributed by atoms with Gasteiger partial charge in [0.2, 0.25) is 0 Å². The Morgan fingerprint density at radius 3 is 2.52 bits per heavy atom. The average Bonchev–Trinajstić information content (AvgIpc) is 2.47. The van der Waals surface area contributed by atoms with Crippen LogP contribution < -0.4 is 5.73 Å². The first-order valence-electron chi connectivity index (χ1n) is 7.20. The fourth-order valence-electron chi connectivity index (χ4n) is 2.40. The zero-order valence-electron chi connectivity index (χ0n) is 12.7. The van der Waals surface area contributed by atoms with E-state index in [9.17, 15) is 4.79 Å². The summed E-state index contributed by atoms with van der Waals surface area (Å²) in [6, 6.07) is 15.9. The molecule has 2 aromatic rings. The number of benzene rings is 2. The predicted molar refractivity (Wildman–Crippen MR) is 86.2 cm³/mol. The summed E-state index contributed by atoms with van der Waals surface area (Å²) in [6.45, 7) is 3.26. The van der Waals surface area contributed by atoms with Crippen LogP contribution in [-0.4, -0.2) is 24.4 Å². The highest BCUT2D eigenvalue weighted by molar-refractivity contribution is 5.94. The number of rotatable bonds is 5. The number of hydrogen-bond acceptors (Lipinski definition) is 2. The Kier molecular flexibility index (Phi) is 5.12. The highest BCUT2D eigenvalue weighted by atomic mass is 16.2. The number of aryl methyl sites for hydroxylation is 1. The number of carbonyl (C=O) groups is 1. The third-order valence-corrected chi connectivity index (χ3v) is 3.46. The van der Waals surface area contributed by atoms with Crippen molar-refractivity contribution in [2.24, 2.45) is 5.73 Å². The topological polar surface area (TPSA) is 46.3 Å². The maximum absolute atomic E-state index is 12.5. The van der Waals surface area contributed by atoms with Crippen molar-refractivity contribution in [3.63, 3.8) is 0 Å². The quantitative estimate of drug-likeness (QED) is 0.916. The summed E-state index contributed by atoms with van der Waals surface area (Å²) in [5, 5.41) is 0. The number of amides is 1. The summed E-state index contributed by atoms with van der Waals surface area (Å²) in [5.74, 6) is 0.0374. The summed E-state index contributed by atoms with van der Waals surface area (Å²) in [6.07, 6.45) is 0.794. The highest BCUT2D eigenvalue weighted by Gasteiger charge is 2.12. The van der Waals surface area contributed by atoms with Crippen LogP contribution >= 0.6 is 0 Å². The lowest BCUT2D eigenvalue weighted by atomic mass is 10.1. The molecule has 0 atom stereocenters. The van der Waals surface area contributed by atoms with E-state index in [0.29, 0.717) is 13.1 Å². The molecule has 0 heterocycles. The van der Waals surface area contributed by atoms with Gasteiger partial charge in [0.15, 0.2) is 0 Å². The van der Waals surface area contributed by atoms with Gasteiger partial charge < -0.3 is 10.6 Å². The zero-order chi connectivity index (χ0) is 15.2. The molecule has 0 saturated heterocycles. The molecule has 110 valence electrons. The van der Waals surface area contributed by atoms with Gasteiger partial charge in [0.25, 0.3) is 5.91 Å². The van der Waals surface area contributed by atoms with E-state index < -0.39 is 0 Å². The van der Waals surface area contributed by atoms with Gasteiger partial charge in [-0.1, -0.05) is 42.0 Å². The van der Waals surface area contributed by atoms with E-state index >= 15 is 0 Å². The molecule has 0 aromatic heterocycles. The first-order valence-corrected chi connectivity index (χ1v) is 7.20. The van der Waals surface area contributed by atoms with Crippen LogP contribution in [0.4, 0.5) is 0 Å².